The fourth-order valence-corrected chi connectivity index (χ4v) is 3.92. The molecule has 0 radical (unpaired) electrons. The van der Waals surface area contributed by atoms with Crippen molar-refractivity contribution in [3.05, 3.63) is 28.7 Å². The summed E-state index contributed by atoms with van der Waals surface area (Å²) in [6, 6.07) is 7.42. The lowest BCUT2D eigenvalue weighted by Gasteiger charge is -2.13. The number of carbonyl (C=O) groups is 2. The molecule has 2 aromatic rings. The molecule has 1 atom stereocenters. The van der Waals surface area contributed by atoms with Crippen molar-refractivity contribution in [1.29, 1.82) is 0 Å². The van der Waals surface area contributed by atoms with E-state index in [4.69, 9.17) is 0 Å². The Kier molecular flexibility index (Phi) is 7.19. The van der Waals surface area contributed by atoms with Gasteiger partial charge in [-0.2, -0.15) is 0 Å². The maximum atomic E-state index is 12.4. The number of nitrogens with zero attached hydrogens (tertiary/aromatic N) is 2. The summed E-state index contributed by atoms with van der Waals surface area (Å²) < 4.78 is 1.61. The number of halogens is 1. The summed E-state index contributed by atoms with van der Waals surface area (Å²) in [5, 5.41) is 13.7. The maximum absolute atomic E-state index is 12.4. The standard InChI is InChI=1S/C15H17BrN4O2S2/c1-3-11(13(22)17-10-7-5-9(16)6-8-10)23-15-20-19-14(24-15)18-12(21)4-2/h5-8,11H,3-4H2,1-2H3,(H,17,22)(H,18,19,21). The van der Waals surface area contributed by atoms with Crippen molar-refractivity contribution in [2.24, 2.45) is 0 Å². The molecule has 128 valence electrons. The van der Waals surface area contributed by atoms with Crippen LogP contribution in [0.25, 0.3) is 0 Å². The molecule has 1 aromatic heterocycles. The molecule has 0 saturated heterocycles. The molecule has 0 fully saturated rings. The highest BCUT2D eigenvalue weighted by molar-refractivity contribution is 9.10. The first-order valence-corrected chi connectivity index (χ1v) is 9.87. The Balaban J connectivity index is 1.96. The van der Waals surface area contributed by atoms with Crippen LogP contribution in [0, 0.1) is 0 Å². The van der Waals surface area contributed by atoms with Gasteiger partial charge in [0.2, 0.25) is 16.9 Å². The number of rotatable bonds is 7. The van der Waals surface area contributed by atoms with Crippen LogP contribution in [0.1, 0.15) is 26.7 Å². The molecule has 0 aliphatic heterocycles. The Hall–Kier alpha value is -1.45. The van der Waals surface area contributed by atoms with Crippen molar-refractivity contribution >= 4 is 61.7 Å². The summed E-state index contributed by atoms with van der Waals surface area (Å²) in [5.41, 5.74) is 0.746. The highest BCUT2D eigenvalue weighted by atomic mass is 79.9. The molecule has 1 unspecified atom stereocenters. The van der Waals surface area contributed by atoms with Crippen LogP contribution in [0.4, 0.5) is 10.8 Å². The van der Waals surface area contributed by atoms with Crippen molar-refractivity contribution in [3.63, 3.8) is 0 Å². The monoisotopic (exact) mass is 428 g/mol. The Morgan fingerprint density at radius 1 is 1.21 bits per heavy atom. The van der Waals surface area contributed by atoms with Crippen LogP contribution in [-0.4, -0.2) is 27.3 Å². The Labute approximate surface area is 157 Å². The largest absolute Gasteiger partial charge is 0.325 e. The van der Waals surface area contributed by atoms with Crippen molar-refractivity contribution in [2.45, 2.75) is 36.3 Å². The first-order valence-electron chi connectivity index (χ1n) is 7.38. The van der Waals surface area contributed by atoms with Gasteiger partial charge in [-0.15, -0.1) is 10.2 Å². The first-order chi connectivity index (χ1) is 11.5. The third-order valence-corrected chi connectivity index (χ3v) is 5.81. The van der Waals surface area contributed by atoms with Gasteiger partial charge < -0.3 is 10.6 Å². The van der Waals surface area contributed by atoms with E-state index in [2.05, 4.69) is 36.8 Å². The number of aromatic nitrogens is 2. The van der Waals surface area contributed by atoms with E-state index in [1.54, 1.807) is 6.92 Å². The van der Waals surface area contributed by atoms with Crippen LogP contribution < -0.4 is 10.6 Å². The second-order valence-corrected chi connectivity index (χ2v) is 8.13. The predicted molar refractivity (Wildman–Crippen MR) is 102 cm³/mol. The number of anilines is 2. The molecular formula is C15H17BrN4O2S2. The third kappa shape index (κ3) is 5.57. The predicted octanol–water partition coefficient (Wildman–Crippen LogP) is 4.16. The smallest absolute Gasteiger partial charge is 0.237 e. The zero-order valence-electron chi connectivity index (χ0n) is 13.2. The minimum atomic E-state index is -0.281. The van der Waals surface area contributed by atoms with Gasteiger partial charge in [0.05, 0.1) is 5.25 Å². The van der Waals surface area contributed by atoms with Crippen LogP contribution in [0.3, 0.4) is 0 Å². The van der Waals surface area contributed by atoms with Gasteiger partial charge in [-0.1, -0.05) is 52.9 Å². The van der Waals surface area contributed by atoms with Gasteiger partial charge in [-0.05, 0) is 30.7 Å². The number of carbonyl (C=O) groups excluding carboxylic acids is 2. The number of benzene rings is 1. The molecule has 6 nitrogen and oxygen atoms in total. The zero-order valence-corrected chi connectivity index (χ0v) is 16.4. The van der Waals surface area contributed by atoms with Gasteiger partial charge in [0.25, 0.3) is 0 Å². The summed E-state index contributed by atoms with van der Waals surface area (Å²) in [6.45, 7) is 3.71. The molecule has 24 heavy (non-hydrogen) atoms. The Bertz CT molecular complexity index is 706. The Morgan fingerprint density at radius 2 is 1.92 bits per heavy atom. The van der Waals surface area contributed by atoms with Gasteiger partial charge in [0, 0.05) is 16.6 Å². The van der Waals surface area contributed by atoms with E-state index in [1.807, 2.05) is 31.2 Å². The van der Waals surface area contributed by atoms with E-state index in [1.165, 1.54) is 23.1 Å². The molecule has 1 heterocycles. The van der Waals surface area contributed by atoms with Crippen molar-refractivity contribution in [3.8, 4) is 0 Å². The summed E-state index contributed by atoms with van der Waals surface area (Å²) in [4.78, 5) is 23.8. The molecule has 0 aliphatic carbocycles. The van der Waals surface area contributed by atoms with Crippen LogP contribution in [0.15, 0.2) is 33.1 Å². The molecular weight excluding hydrogens is 412 g/mol. The van der Waals surface area contributed by atoms with Crippen LogP contribution in [0.2, 0.25) is 0 Å². The maximum Gasteiger partial charge on any atom is 0.237 e. The van der Waals surface area contributed by atoms with E-state index in [-0.39, 0.29) is 17.1 Å². The van der Waals surface area contributed by atoms with E-state index >= 15 is 0 Å². The van der Waals surface area contributed by atoms with E-state index in [0.717, 1.165) is 10.2 Å². The highest BCUT2D eigenvalue weighted by Crippen LogP contribution is 2.31. The molecule has 1 aromatic carbocycles. The summed E-state index contributed by atoms with van der Waals surface area (Å²) in [7, 11) is 0. The molecule has 2 rings (SSSR count). The van der Waals surface area contributed by atoms with Gasteiger partial charge >= 0.3 is 0 Å². The van der Waals surface area contributed by atoms with Crippen molar-refractivity contribution in [2.75, 3.05) is 10.6 Å². The number of hydrogen-bond acceptors (Lipinski definition) is 6. The van der Waals surface area contributed by atoms with Crippen LogP contribution in [0.5, 0.6) is 0 Å². The normalized spacial score (nSPS) is 11.8. The molecule has 9 heteroatoms. The van der Waals surface area contributed by atoms with Gasteiger partial charge in [0.15, 0.2) is 4.34 Å². The molecule has 0 bridgehead atoms. The molecule has 0 saturated carbocycles. The quantitative estimate of drug-likeness (QED) is 0.510. The van der Waals surface area contributed by atoms with Gasteiger partial charge in [-0.25, -0.2) is 0 Å². The average molecular weight is 429 g/mol. The lowest BCUT2D eigenvalue weighted by Crippen LogP contribution is -2.24. The minimum absolute atomic E-state index is 0.0841. The first kappa shape index (κ1) is 18.9. The molecule has 2 amide bonds. The highest BCUT2D eigenvalue weighted by Gasteiger charge is 2.20. The number of nitrogens with one attached hydrogen (secondary N) is 2. The second kappa shape index (κ2) is 9.14. The summed E-state index contributed by atoms with van der Waals surface area (Å²) >= 11 is 5.98. The van der Waals surface area contributed by atoms with Crippen LogP contribution >= 0.6 is 39.0 Å². The molecule has 2 N–H and O–H groups in total. The molecule has 0 aliphatic rings. The van der Waals surface area contributed by atoms with Gasteiger partial charge in [0.1, 0.15) is 0 Å². The average Bonchev–Trinajstić information content (AvgIpc) is 3.01. The molecule has 0 spiro atoms. The zero-order chi connectivity index (χ0) is 17.5. The van der Waals surface area contributed by atoms with E-state index in [0.29, 0.717) is 22.3 Å². The minimum Gasteiger partial charge on any atom is -0.325 e. The van der Waals surface area contributed by atoms with Crippen LogP contribution in [-0.2, 0) is 9.59 Å². The van der Waals surface area contributed by atoms with Gasteiger partial charge in [-0.3, -0.25) is 9.59 Å². The SMILES string of the molecule is CCC(=O)Nc1nnc(SC(CC)C(=O)Nc2ccc(Br)cc2)s1. The number of hydrogen-bond donors (Lipinski definition) is 2. The van der Waals surface area contributed by atoms with E-state index in [9.17, 15) is 9.59 Å². The summed E-state index contributed by atoms with van der Waals surface area (Å²) in [6.07, 6.45) is 1.04. The number of thioether (sulfide) groups is 1. The third-order valence-electron chi connectivity index (χ3n) is 2.99. The Morgan fingerprint density at radius 3 is 2.54 bits per heavy atom. The number of amides is 2. The van der Waals surface area contributed by atoms with E-state index < -0.39 is 0 Å². The lowest BCUT2D eigenvalue weighted by atomic mass is 10.3. The van der Waals surface area contributed by atoms with Crippen molar-refractivity contribution < 1.29 is 9.59 Å². The lowest BCUT2D eigenvalue weighted by molar-refractivity contribution is -0.116. The fraction of sp³-hybridized carbons (Fsp3) is 0.333. The summed E-state index contributed by atoms with van der Waals surface area (Å²) in [5.74, 6) is -0.193. The topological polar surface area (TPSA) is 84.0 Å². The second-order valence-electron chi connectivity index (χ2n) is 4.79. The van der Waals surface area contributed by atoms with Crippen molar-refractivity contribution in [1.82, 2.24) is 10.2 Å². The fourth-order valence-electron chi connectivity index (χ4n) is 1.72.